The van der Waals surface area contributed by atoms with E-state index in [-0.39, 0.29) is 0 Å². The van der Waals surface area contributed by atoms with Crippen molar-refractivity contribution < 1.29 is 0 Å². The maximum atomic E-state index is 5.43. The summed E-state index contributed by atoms with van der Waals surface area (Å²) in [5, 5.41) is 3.07. The molecule has 0 aliphatic heterocycles. The van der Waals surface area contributed by atoms with E-state index in [9.17, 15) is 0 Å². The number of nitrogens with two attached hydrogens (primary N) is 1. The molecule has 0 radical (unpaired) electrons. The Bertz CT molecular complexity index is 219. The highest BCUT2D eigenvalue weighted by Crippen LogP contribution is 2.09. The first-order chi connectivity index (χ1) is 5.22. The highest BCUT2D eigenvalue weighted by atomic mass is 32.1. The van der Waals surface area contributed by atoms with Gasteiger partial charge >= 0.3 is 0 Å². The third-order valence-corrected chi connectivity index (χ3v) is 2.17. The predicted octanol–water partition coefficient (Wildman–Crippen LogP) is 0.663. The lowest BCUT2D eigenvalue weighted by atomic mass is 10.4. The van der Waals surface area contributed by atoms with E-state index in [1.165, 1.54) is 0 Å². The Morgan fingerprint density at radius 1 is 1.64 bits per heavy atom. The zero-order valence-electron chi connectivity index (χ0n) is 6.87. The number of nitrogens with zero attached hydrogens (tertiary/aromatic N) is 2. The van der Waals surface area contributed by atoms with Crippen LogP contribution in [0.25, 0.3) is 0 Å². The van der Waals surface area contributed by atoms with Crippen molar-refractivity contribution >= 4 is 11.3 Å². The van der Waals surface area contributed by atoms with E-state index in [1.807, 2.05) is 14.1 Å². The molecule has 1 heterocycles. The molecular weight excluding hydrogens is 158 g/mol. The molecule has 3 nitrogen and oxygen atoms in total. The molecule has 1 aromatic rings. The van der Waals surface area contributed by atoms with E-state index in [4.69, 9.17) is 5.73 Å². The van der Waals surface area contributed by atoms with Gasteiger partial charge in [0.25, 0.3) is 0 Å². The summed E-state index contributed by atoms with van der Waals surface area (Å²) < 4.78 is 0. The third kappa shape index (κ3) is 2.57. The van der Waals surface area contributed by atoms with Crippen molar-refractivity contribution in [1.82, 2.24) is 9.88 Å². The highest BCUT2D eigenvalue weighted by Gasteiger charge is 2.00. The van der Waals surface area contributed by atoms with Crippen LogP contribution in [-0.2, 0) is 13.1 Å². The first-order valence-electron chi connectivity index (χ1n) is 3.50. The van der Waals surface area contributed by atoms with E-state index in [0.29, 0.717) is 6.54 Å². The number of thiazole rings is 1. The number of hydrogen-bond donors (Lipinski definition) is 1. The van der Waals surface area contributed by atoms with E-state index in [2.05, 4.69) is 15.3 Å². The van der Waals surface area contributed by atoms with Crippen LogP contribution in [0.5, 0.6) is 0 Å². The highest BCUT2D eigenvalue weighted by molar-refractivity contribution is 7.09. The van der Waals surface area contributed by atoms with Crippen LogP contribution in [0.15, 0.2) is 5.38 Å². The standard InChI is InChI=1S/C7H13N3S/c1-10(2)4-6-5-11-7(3-8)9-6/h5H,3-4,8H2,1-2H3. The summed E-state index contributed by atoms with van der Waals surface area (Å²) in [6.07, 6.45) is 0. The molecule has 0 amide bonds. The zero-order valence-corrected chi connectivity index (χ0v) is 7.69. The van der Waals surface area contributed by atoms with Gasteiger partial charge in [-0.2, -0.15) is 0 Å². The van der Waals surface area contributed by atoms with Crippen LogP contribution in [0.4, 0.5) is 0 Å². The van der Waals surface area contributed by atoms with Crippen molar-refractivity contribution in [3.8, 4) is 0 Å². The van der Waals surface area contributed by atoms with Gasteiger partial charge in [0.05, 0.1) is 5.69 Å². The first-order valence-corrected chi connectivity index (χ1v) is 4.38. The van der Waals surface area contributed by atoms with Gasteiger partial charge in [-0.15, -0.1) is 11.3 Å². The summed E-state index contributed by atoms with van der Waals surface area (Å²) in [6, 6.07) is 0. The van der Waals surface area contributed by atoms with Crippen molar-refractivity contribution in [1.29, 1.82) is 0 Å². The normalized spacial score (nSPS) is 10.9. The Balaban J connectivity index is 2.58. The maximum Gasteiger partial charge on any atom is 0.106 e. The molecule has 62 valence electrons. The Kier molecular flexibility index (Phi) is 2.99. The third-order valence-electron chi connectivity index (χ3n) is 1.25. The topological polar surface area (TPSA) is 42.1 Å². The van der Waals surface area contributed by atoms with Crippen LogP contribution in [0.1, 0.15) is 10.7 Å². The molecular formula is C7H13N3S. The molecule has 0 unspecified atom stereocenters. The zero-order chi connectivity index (χ0) is 8.27. The monoisotopic (exact) mass is 171 g/mol. The molecule has 0 spiro atoms. The fourth-order valence-electron chi connectivity index (χ4n) is 0.839. The molecule has 0 bridgehead atoms. The molecule has 0 aliphatic carbocycles. The van der Waals surface area contributed by atoms with Gasteiger partial charge in [0, 0.05) is 18.5 Å². The lowest BCUT2D eigenvalue weighted by Gasteiger charge is -2.05. The van der Waals surface area contributed by atoms with E-state index in [1.54, 1.807) is 11.3 Å². The number of hydrogen-bond acceptors (Lipinski definition) is 4. The van der Waals surface area contributed by atoms with E-state index >= 15 is 0 Å². The molecule has 4 heteroatoms. The van der Waals surface area contributed by atoms with Crippen LogP contribution in [0.3, 0.4) is 0 Å². The van der Waals surface area contributed by atoms with Gasteiger partial charge < -0.3 is 10.6 Å². The summed E-state index contributed by atoms with van der Waals surface area (Å²) in [4.78, 5) is 6.41. The predicted molar refractivity (Wildman–Crippen MR) is 47.4 cm³/mol. The average molecular weight is 171 g/mol. The Labute approximate surface area is 70.9 Å². The molecule has 0 atom stereocenters. The van der Waals surface area contributed by atoms with Gasteiger partial charge in [-0.3, -0.25) is 0 Å². The molecule has 0 aliphatic rings. The van der Waals surface area contributed by atoms with Crippen LogP contribution < -0.4 is 5.73 Å². The minimum Gasteiger partial charge on any atom is -0.325 e. The van der Waals surface area contributed by atoms with Gasteiger partial charge in [-0.1, -0.05) is 0 Å². The van der Waals surface area contributed by atoms with Gasteiger partial charge in [-0.25, -0.2) is 4.98 Å². The van der Waals surface area contributed by atoms with Crippen molar-refractivity contribution in [3.63, 3.8) is 0 Å². The number of rotatable bonds is 3. The smallest absolute Gasteiger partial charge is 0.106 e. The first kappa shape index (κ1) is 8.64. The van der Waals surface area contributed by atoms with Gasteiger partial charge in [0.1, 0.15) is 5.01 Å². The second kappa shape index (κ2) is 3.80. The van der Waals surface area contributed by atoms with Gasteiger partial charge in [0.2, 0.25) is 0 Å². The van der Waals surface area contributed by atoms with Crippen LogP contribution >= 0.6 is 11.3 Å². The van der Waals surface area contributed by atoms with Crippen LogP contribution in [0, 0.1) is 0 Å². The van der Waals surface area contributed by atoms with Crippen molar-refractivity contribution in [2.45, 2.75) is 13.1 Å². The molecule has 1 aromatic heterocycles. The maximum absolute atomic E-state index is 5.43. The SMILES string of the molecule is CN(C)Cc1csc(CN)n1. The van der Waals surface area contributed by atoms with Crippen LogP contribution in [-0.4, -0.2) is 24.0 Å². The Hall–Kier alpha value is -0.450. The van der Waals surface area contributed by atoms with Gasteiger partial charge in [-0.05, 0) is 14.1 Å². The molecule has 2 N–H and O–H groups in total. The van der Waals surface area contributed by atoms with Gasteiger partial charge in [0.15, 0.2) is 0 Å². The average Bonchev–Trinajstić information content (AvgIpc) is 2.34. The summed E-state index contributed by atoms with van der Waals surface area (Å²) in [5.41, 5.74) is 6.54. The Morgan fingerprint density at radius 3 is 2.82 bits per heavy atom. The largest absolute Gasteiger partial charge is 0.325 e. The van der Waals surface area contributed by atoms with Crippen molar-refractivity contribution in [3.05, 3.63) is 16.1 Å². The summed E-state index contributed by atoms with van der Waals surface area (Å²) >= 11 is 1.63. The fraction of sp³-hybridized carbons (Fsp3) is 0.571. The summed E-state index contributed by atoms with van der Waals surface area (Å²) in [5.74, 6) is 0. The molecule has 0 fully saturated rings. The summed E-state index contributed by atoms with van der Waals surface area (Å²) in [6.45, 7) is 1.45. The minimum atomic E-state index is 0.554. The molecule has 0 saturated carbocycles. The molecule has 11 heavy (non-hydrogen) atoms. The fourth-order valence-corrected chi connectivity index (χ4v) is 1.50. The minimum absolute atomic E-state index is 0.554. The quantitative estimate of drug-likeness (QED) is 0.726. The van der Waals surface area contributed by atoms with Crippen molar-refractivity contribution in [2.24, 2.45) is 5.73 Å². The van der Waals surface area contributed by atoms with Crippen molar-refractivity contribution in [2.75, 3.05) is 14.1 Å². The summed E-state index contributed by atoms with van der Waals surface area (Å²) in [7, 11) is 4.06. The molecule has 0 saturated heterocycles. The lowest BCUT2D eigenvalue weighted by molar-refractivity contribution is 0.397. The second-order valence-electron chi connectivity index (χ2n) is 2.67. The van der Waals surface area contributed by atoms with E-state index < -0.39 is 0 Å². The van der Waals surface area contributed by atoms with E-state index in [0.717, 1.165) is 17.2 Å². The number of aromatic nitrogens is 1. The molecule has 0 aromatic carbocycles. The molecule has 1 rings (SSSR count). The Morgan fingerprint density at radius 2 is 2.36 bits per heavy atom. The second-order valence-corrected chi connectivity index (χ2v) is 3.62. The lowest BCUT2D eigenvalue weighted by Crippen LogP contribution is -2.11. The van der Waals surface area contributed by atoms with Crippen LogP contribution in [0.2, 0.25) is 0 Å².